The minimum Gasteiger partial charge on any atom is -0.388 e. The van der Waals surface area contributed by atoms with Gasteiger partial charge in [0.15, 0.2) is 5.78 Å². The molecule has 2 aromatic carbocycles. The summed E-state index contributed by atoms with van der Waals surface area (Å²) in [5.41, 5.74) is 3.16. The van der Waals surface area contributed by atoms with Crippen LogP contribution in [-0.2, 0) is 6.42 Å². The van der Waals surface area contributed by atoms with Crippen LogP contribution in [0.1, 0.15) is 40.9 Å². The molecule has 0 spiro atoms. The fourth-order valence-electron chi connectivity index (χ4n) is 2.31. The van der Waals surface area contributed by atoms with Crippen LogP contribution in [-0.4, -0.2) is 18.7 Å². The molecule has 0 fully saturated rings. The molecule has 0 saturated carbocycles. The zero-order valence-corrected chi connectivity index (χ0v) is 11.5. The molecule has 0 unspecified atom stereocenters. The van der Waals surface area contributed by atoms with E-state index in [0.717, 1.165) is 16.7 Å². The van der Waals surface area contributed by atoms with Gasteiger partial charge in [-0.25, -0.2) is 0 Å². The maximum Gasteiger partial charge on any atom is 0.160 e. The Bertz CT molecular complexity index is 607. The Hall–Kier alpha value is -1.87. The first kappa shape index (κ1) is 14.5. The average Bonchev–Trinajstić information content (AvgIpc) is 2.45. The molecule has 0 heterocycles. The number of Topliss-reactive ketones (excluding diaryl/α,β-unsaturated/α-hetero) is 1. The van der Waals surface area contributed by atoms with Gasteiger partial charge in [0.05, 0.1) is 6.10 Å². The van der Waals surface area contributed by atoms with Gasteiger partial charge in [-0.05, 0) is 30.9 Å². The molecule has 2 nitrogen and oxygen atoms in total. The van der Waals surface area contributed by atoms with Gasteiger partial charge < -0.3 is 5.11 Å². The number of rotatable bonds is 5. The lowest BCUT2D eigenvalue weighted by Gasteiger charge is -2.13. The highest BCUT2D eigenvalue weighted by molar-refractivity contribution is 6.32. The second kappa shape index (κ2) is 6.53. The highest BCUT2D eigenvalue weighted by Crippen LogP contribution is 2.20. The number of aliphatic hydroxyl groups excluding tert-OH is 1. The second-order valence-electron chi connectivity index (χ2n) is 4.94. The third kappa shape index (κ3) is 3.58. The minimum atomic E-state index is -0.571. The summed E-state index contributed by atoms with van der Waals surface area (Å²) in [6.45, 7) is 1.56. The Morgan fingerprint density at radius 3 is 2.65 bits per heavy atom. The zero-order chi connectivity index (χ0) is 14.5. The number of aryl methyl sites for hydroxylation is 1. The number of ketones is 1. The van der Waals surface area contributed by atoms with Gasteiger partial charge in [-0.15, -0.1) is 0 Å². The molecule has 0 aliphatic heterocycles. The smallest absolute Gasteiger partial charge is 0.160 e. The van der Waals surface area contributed by atoms with E-state index in [0.29, 0.717) is 18.3 Å². The van der Waals surface area contributed by atoms with Crippen molar-refractivity contribution < 1.29 is 9.90 Å². The van der Waals surface area contributed by atoms with E-state index < -0.39 is 6.10 Å². The Morgan fingerprint density at radius 1 is 1.20 bits per heavy atom. The lowest BCUT2D eigenvalue weighted by Crippen LogP contribution is -2.07. The molecule has 1 atom stereocenters. The van der Waals surface area contributed by atoms with Crippen molar-refractivity contribution in [2.75, 3.05) is 0 Å². The molecular weight excluding hydrogens is 247 g/mol. The van der Waals surface area contributed by atoms with Crippen molar-refractivity contribution in [3.8, 4) is 0 Å². The van der Waals surface area contributed by atoms with Gasteiger partial charge in [0.2, 0.25) is 0 Å². The number of hydrogen-bond donors (Lipinski definition) is 1. The zero-order valence-electron chi connectivity index (χ0n) is 11.5. The van der Waals surface area contributed by atoms with Crippen LogP contribution in [0.15, 0.2) is 48.5 Å². The van der Waals surface area contributed by atoms with E-state index in [4.69, 9.17) is 7.85 Å². The lowest BCUT2D eigenvalue weighted by molar-refractivity contribution is 0.101. The Morgan fingerprint density at radius 2 is 1.95 bits per heavy atom. The summed E-state index contributed by atoms with van der Waals surface area (Å²) >= 11 is 0. The summed E-state index contributed by atoms with van der Waals surface area (Å²) in [6.07, 6.45) is 0.651. The molecule has 3 heteroatoms. The van der Waals surface area contributed by atoms with Crippen LogP contribution in [0, 0.1) is 0 Å². The largest absolute Gasteiger partial charge is 0.388 e. The monoisotopic (exact) mass is 264 g/mol. The maximum atomic E-state index is 11.5. The molecule has 2 aromatic rings. The molecule has 0 aromatic heterocycles. The third-order valence-corrected chi connectivity index (χ3v) is 3.38. The first-order chi connectivity index (χ1) is 9.58. The summed E-state index contributed by atoms with van der Waals surface area (Å²) in [5.74, 6) is 0.0547. The number of aliphatic hydroxyl groups is 1. The van der Waals surface area contributed by atoms with E-state index in [1.807, 2.05) is 36.4 Å². The first-order valence-corrected chi connectivity index (χ1v) is 6.70. The van der Waals surface area contributed by atoms with Crippen LogP contribution in [0.25, 0.3) is 0 Å². The van der Waals surface area contributed by atoms with Crippen LogP contribution < -0.4 is 5.46 Å². The van der Waals surface area contributed by atoms with E-state index in [2.05, 4.69) is 0 Å². The van der Waals surface area contributed by atoms with Crippen molar-refractivity contribution in [3.63, 3.8) is 0 Å². The fraction of sp³-hybridized carbons (Fsp3) is 0.235. The van der Waals surface area contributed by atoms with Gasteiger partial charge in [0.1, 0.15) is 7.85 Å². The number of hydrogen-bond acceptors (Lipinski definition) is 2. The molecule has 0 saturated heterocycles. The maximum absolute atomic E-state index is 11.5. The van der Waals surface area contributed by atoms with Crippen molar-refractivity contribution >= 4 is 19.1 Å². The summed E-state index contributed by atoms with van der Waals surface area (Å²) in [7, 11) is 5.71. The van der Waals surface area contributed by atoms with Crippen LogP contribution >= 0.6 is 0 Å². The Kier molecular flexibility index (Phi) is 4.75. The molecule has 0 amide bonds. The summed E-state index contributed by atoms with van der Waals surface area (Å²) < 4.78 is 0. The number of carbonyl (C=O) groups excluding carboxylic acids is 1. The summed E-state index contributed by atoms with van der Waals surface area (Å²) in [6, 6.07) is 14.8. The van der Waals surface area contributed by atoms with E-state index in [1.165, 1.54) is 0 Å². The molecule has 0 aliphatic carbocycles. The Labute approximate surface area is 120 Å². The van der Waals surface area contributed by atoms with Gasteiger partial charge >= 0.3 is 0 Å². The number of carbonyl (C=O) groups is 1. The molecular formula is C17H17BO2. The normalized spacial score (nSPS) is 12.1. The van der Waals surface area contributed by atoms with Gasteiger partial charge in [-0.1, -0.05) is 54.0 Å². The molecule has 20 heavy (non-hydrogen) atoms. The molecule has 0 bridgehead atoms. The van der Waals surface area contributed by atoms with Crippen LogP contribution in [0.2, 0.25) is 0 Å². The van der Waals surface area contributed by atoms with E-state index in [1.54, 1.807) is 19.1 Å². The summed E-state index contributed by atoms with van der Waals surface area (Å²) in [4.78, 5) is 11.5. The fourth-order valence-corrected chi connectivity index (χ4v) is 2.31. The third-order valence-electron chi connectivity index (χ3n) is 3.38. The van der Waals surface area contributed by atoms with Gasteiger partial charge in [0.25, 0.3) is 0 Å². The number of benzene rings is 2. The molecule has 2 radical (unpaired) electrons. The quantitative estimate of drug-likeness (QED) is 0.664. The first-order valence-electron chi connectivity index (χ1n) is 6.70. The van der Waals surface area contributed by atoms with Crippen molar-refractivity contribution in [1.29, 1.82) is 0 Å². The topological polar surface area (TPSA) is 37.3 Å². The average molecular weight is 264 g/mol. The van der Waals surface area contributed by atoms with E-state index in [-0.39, 0.29) is 5.78 Å². The van der Waals surface area contributed by atoms with Crippen LogP contribution in [0.5, 0.6) is 0 Å². The van der Waals surface area contributed by atoms with E-state index >= 15 is 0 Å². The Balaban J connectivity index is 2.07. The van der Waals surface area contributed by atoms with E-state index in [9.17, 15) is 9.90 Å². The second-order valence-corrected chi connectivity index (χ2v) is 4.94. The molecule has 0 aliphatic rings. The highest BCUT2D eigenvalue weighted by Gasteiger charge is 2.11. The minimum absolute atomic E-state index is 0.0547. The predicted molar refractivity (Wildman–Crippen MR) is 81.6 cm³/mol. The van der Waals surface area contributed by atoms with Crippen molar-refractivity contribution in [2.24, 2.45) is 0 Å². The lowest BCUT2D eigenvalue weighted by atomic mass is 9.91. The SMILES string of the molecule is [B]c1cccc([C@@H](O)CCc2ccccc2C(C)=O)c1. The van der Waals surface area contributed by atoms with Crippen LogP contribution in [0.4, 0.5) is 0 Å². The molecule has 1 N–H and O–H groups in total. The van der Waals surface area contributed by atoms with Crippen molar-refractivity contribution in [2.45, 2.75) is 25.9 Å². The van der Waals surface area contributed by atoms with Gasteiger partial charge in [-0.2, -0.15) is 0 Å². The van der Waals surface area contributed by atoms with Crippen molar-refractivity contribution in [3.05, 3.63) is 65.2 Å². The summed E-state index contributed by atoms with van der Waals surface area (Å²) in [5, 5.41) is 10.2. The van der Waals surface area contributed by atoms with Crippen LogP contribution in [0.3, 0.4) is 0 Å². The molecule has 2 rings (SSSR count). The van der Waals surface area contributed by atoms with Crippen molar-refractivity contribution in [1.82, 2.24) is 0 Å². The van der Waals surface area contributed by atoms with Gasteiger partial charge in [0, 0.05) is 5.56 Å². The standard InChI is InChI=1S/C17H17BO2/c1-12(19)16-8-3-2-5-13(16)9-10-17(20)14-6-4-7-15(18)11-14/h2-8,11,17,20H,9-10H2,1H3/t17-/m0/s1. The predicted octanol–water partition coefficient (Wildman–Crippen LogP) is 2.35. The molecule has 100 valence electrons. The van der Waals surface area contributed by atoms with Gasteiger partial charge in [-0.3, -0.25) is 4.79 Å². The highest BCUT2D eigenvalue weighted by atomic mass is 16.3.